The lowest BCUT2D eigenvalue weighted by molar-refractivity contribution is -0.0721. The molecule has 6 nitrogen and oxygen atoms in total. The fourth-order valence-corrected chi connectivity index (χ4v) is 4.19. The Labute approximate surface area is 182 Å². The first-order valence-corrected chi connectivity index (χ1v) is 11.3. The number of benzene rings is 1. The van der Waals surface area contributed by atoms with Crippen molar-refractivity contribution in [2.45, 2.75) is 63.6 Å². The molecule has 2 fully saturated rings. The van der Waals surface area contributed by atoms with Crippen LogP contribution in [0.2, 0.25) is 0 Å². The van der Waals surface area contributed by atoms with Crippen molar-refractivity contribution in [3.05, 3.63) is 29.8 Å². The Morgan fingerprint density at radius 3 is 2.70 bits per heavy atom. The third-order valence-electron chi connectivity index (χ3n) is 6.28. The standard InChI is InChI=1S/C24H39N3O3/c1-24(2,19-8-7-10-21(16-19)28-4)18-26-23(25-3)27-13-11-20(12-14-27)30-17-22-9-5-6-15-29-22/h7-8,10,16,20,22H,5-6,9,11-15,17-18H2,1-4H3,(H,25,26). The van der Waals surface area contributed by atoms with Crippen molar-refractivity contribution in [3.63, 3.8) is 0 Å². The normalized spacial score (nSPS) is 21.5. The molecule has 0 bridgehead atoms. The molecule has 0 radical (unpaired) electrons. The van der Waals surface area contributed by atoms with Crippen molar-refractivity contribution in [1.29, 1.82) is 0 Å². The van der Waals surface area contributed by atoms with E-state index in [1.165, 1.54) is 18.4 Å². The third kappa shape index (κ3) is 6.35. The number of likely N-dealkylation sites (tertiary alicyclic amines) is 1. The fraction of sp³-hybridized carbons (Fsp3) is 0.708. The molecule has 0 saturated carbocycles. The maximum atomic E-state index is 6.15. The van der Waals surface area contributed by atoms with Crippen LogP contribution < -0.4 is 10.1 Å². The van der Waals surface area contributed by atoms with Gasteiger partial charge in [-0.25, -0.2) is 0 Å². The highest BCUT2D eigenvalue weighted by Gasteiger charge is 2.26. The molecule has 3 rings (SSSR count). The monoisotopic (exact) mass is 417 g/mol. The van der Waals surface area contributed by atoms with Gasteiger partial charge in [0.2, 0.25) is 0 Å². The molecule has 2 aliphatic heterocycles. The number of hydrogen-bond donors (Lipinski definition) is 1. The number of ether oxygens (including phenoxy) is 3. The molecule has 0 amide bonds. The van der Waals surface area contributed by atoms with Gasteiger partial charge < -0.3 is 24.4 Å². The van der Waals surface area contributed by atoms with Crippen LogP contribution in [0, 0.1) is 0 Å². The van der Waals surface area contributed by atoms with Gasteiger partial charge in [0.1, 0.15) is 5.75 Å². The summed E-state index contributed by atoms with van der Waals surface area (Å²) in [6, 6.07) is 8.31. The fourth-order valence-electron chi connectivity index (χ4n) is 4.19. The molecule has 0 aromatic heterocycles. The van der Waals surface area contributed by atoms with Crippen LogP contribution in [0.25, 0.3) is 0 Å². The highest BCUT2D eigenvalue weighted by Crippen LogP contribution is 2.26. The zero-order valence-electron chi connectivity index (χ0n) is 19.2. The zero-order valence-corrected chi connectivity index (χ0v) is 19.2. The molecule has 2 aliphatic rings. The van der Waals surface area contributed by atoms with Gasteiger partial charge in [0, 0.05) is 38.7 Å². The van der Waals surface area contributed by atoms with E-state index >= 15 is 0 Å². The van der Waals surface area contributed by atoms with Crippen LogP contribution >= 0.6 is 0 Å². The van der Waals surface area contributed by atoms with Crippen LogP contribution in [-0.4, -0.2) is 70.1 Å². The second-order valence-corrected chi connectivity index (χ2v) is 9.02. The van der Waals surface area contributed by atoms with Crippen LogP contribution in [0.1, 0.15) is 51.5 Å². The maximum absolute atomic E-state index is 6.15. The molecule has 1 unspecified atom stereocenters. The Bertz CT molecular complexity index is 678. The van der Waals surface area contributed by atoms with E-state index in [0.29, 0.717) is 12.2 Å². The van der Waals surface area contributed by atoms with E-state index in [0.717, 1.165) is 63.8 Å². The van der Waals surface area contributed by atoms with Gasteiger partial charge >= 0.3 is 0 Å². The van der Waals surface area contributed by atoms with Crippen LogP contribution in [0.3, 0.4) is 0 Å². The van der Waals surface area contributed by atoms with Crippen LogP contribution in [0.5, 0.6) is 5.75 Å². The lowest BCUT2D eigenvalue weighted by Crippen LogP contribution is -2.49. The molecular weight excluding hydrogens is 378 g/mol. The molecule has 6 heteroatoms. The number of hydrogen-bond acceptors (Lipinski definition) is 4. The summed E-state index contributed by atoms with van der Waals surface area (Å²) in [5, 5.41) is 3.59. The quantitative estimate of drug-likeness (QED) is 0.543. The smallest absolute Gasteiger partial charge is 0.193 e. The minimum atomic E-state index is -0.0358. The number of methoxy groups -OCH3 is 1. The van der Waals surface area contributed by atoms with Gasteiger partial charge in [0.25, 0.3) is 0 Å². The molecule has 0 spiro atoms. The third-order valence-corrected chi connectivity index (χ3v) is 6.28. The Morgan fingerprint density at radius 1 is 1.23 bits per heavy atom. The first-order valence-electron chi connectivity index (χ1n) is 11.3. The molecule has 1 N–H and O–H groups in total. The average molecular weight is 418 g/mol. The summed E-state index contributed by atoms with van der Waals surface area (Å²) in [6.45, 7) is 8.87. The van der Waals surface area contributed by atoms with Gasteiger partial charge in [-0.05, 0) is 49.8 Å². The van der Waals surface area contributed by atoms with E-state index in [1.54, 1.807) is 7.11 Å². The Hall–Kier alpha value is -1.79. The van der Waals surface area contributed by atoms with Crippen LogP contribution in [0.4, 0.5) is 0 Å². The lowest BCUT2D eigenvalue weighted by Gasteiger charge is -2.36. The second kappa shape index (κ2) is 11.0. The molecule has 2 heterocycles. The molecule has 0 aliphatic carbocycles. The highest BCUT2D eigenvalue weighted by atomic mass is 16.5. The zero-order chi connectivity index (χ0) is 21.4. The Kier molecular flexibility index (Phi) is 8.40. The van der Waals surface area contributed by atoms with Gasteiger partial charge in [0.05, 0.1) is 25.9 Å². The van der Waals surface area contributed by atoms with Crippen molar-refractivity contribution in [3.8, 4) is 5.75 Å². The first-order chi connectivity index (χ1) is 14.5. The van der Waals surface area contributed by atoms with Crippen molar-refractivity contribution in [1.82, 2.24) is 10.2 Å². The van der Waals surface area contributed by atoms with E-state index in [9.17, 15) is 0 Å². The van der Waals surface area contributed by atoms with E-state index < -0.39 is 0 Å². The van der Waals surface area contributed by atoms with Gasteiger partial charge in [-0.15, -0.1) is 0 Å². The van der Waals surface area contributed by atoms with Crippen molar-refractivity contribution >= 4 is 5.96 Å². The number of guanidine groups is 1. The highest BCUT2D eigenvalue weighted by molar-refractivity contribution is 5.80. The lowest BCUT2D eigenvalue weighted by atomic mass is 9.84. The summed E-state index contributed by atoms with van der Waals surface area (Å²) in [5.74, 6) is 1.87. The van der Waals surface area contributed by atoms with E-state index in [2.05, 4.69) is 41.2 Å². The summed E-state index contributed by atoms with van der Waals surface area (Å²) in [4.78, 5) is 6.88. The predicted octanol–water partition coefficient (Wildman–Crippen LogP) is 3.60. The van der Waals surface area contributed by atoms with E-state index in [-0.39, 0.29) is 5.41 Å². The first kappa shape index (κ1) is 22.9. The van der Waals surface area contributed by atoms with Crippen molar-refractivity contribution < 1.29 is 14.2 Å². The average Bonchev–Trinajstić information content (AvgIpc) is 2.79. The van der Waals surface area contributed by atoms with Gasteiger partial charge in [-0.3, -0.25) is 4.99 Å². The number of nitrogens with zero attached hydrogens (tertiary/aromatic N) is 2. The number of nitrogens with one attached hydrogen (secondary N) is 1. The molecular formula is C24H39N3O3. The SMILES string of the molecule is CN=C(NCC(C)(C)c1cccc(OC)c1)N1CCC(OCC2CCCCO2)CC1. The predicted molar refractivity (Wildman–Crippen MR) is 122 cm³/mol. The van der Waals surface area contributed by atoms with Crippen molar-refractivity contribution in [2.24, 2.45) is 4.99 Å². The second-order valence-electron chi connectivity index (χ2n) is 9.02. The van der Waals surface area contributed by atoms with Crippen LogP contribution in [-0.2, 0) is 14.9 Å². The van der Waals surface area contributed by atoms with Crippen molar-refractivity contribution in [2.75, 3.05) is 47.0 Å². The van der Waals surface area contributed by atoms with Gasteiger partial charge in [-0.1, -0.05) is 26.0 Å². The summed E-state index contributed by atoms with van der Waals surface area (Å²) >= 11 is 0. The minimum Gasteiger partial charge on any atom is -0.497 e. The van der Waals surface area contributed by atoms with E-state index in [4.69, 9.17) is 14.2 Å². The van der Waals surface area contributed by atoms with E-state index in [1.807, 2.05) is 19.2 Å². The summed E-state index contributed by atoms with van der Waals surface area (Å²) in [7, 11) is 3.58. The topological polar surface area (TPSA) is 55.3 Å². The molecule has 1 aromatic carbocycles. The maximum Gasteiger partial charge on any atom is 0.193 e. The van der Waals surface area contributed by atoms with Gasteiger partial charge in [-0.2, -0.15) is 0 Å². The summed E-state index contributed by atoms with van der Waals surface area (Å²) in [5.41, 5.74) is 1.22. The number of rotatable bonds is 7. The molecule has 2 saturated heterocycles. The number of piperidine rings is 1. The molecule has 1 atom stereocenters. The summed E-state index contributed by atoms with van der Waals surface area (Å²) < 4.78 is 17.3. The minimum absolute atomic E-state index is 0.0358. The Morgan fingerprint density at radius 2 is 2.03 bits per heavy atom. The molecule has 30 heavy (non-hydrogen) atoms. The van der Waals surface area contributed by atoms with Crippen LogP contribution in [0.15, 0.2) is 29.3 Å². The number of aliphatic imine (C=N–C) groups is 1. The summed E-state index contributed by atoms with van der Waals surface area (Å²) in [6.07, 6.45) is 6.29. The molecule has 1 aromatic rings. The largest absolute Gasteiger partial charge is 0.497 e. The Balaban J connectivity index is 1.45. The molecule has 168 valence electrons. The van der Waals surface area contributed by atoms with Gasteiger partial charge in [0.15, 0.2) is 5.96 Å².